The largest absolute Gasteiger partial charge is 0.402 e. The minimum atomic E-state index is -0.542. The van der Waals surface area contributed by atoms with Gasteiger partial charge in [0.25, 0.3) is 5.69 Å². The molecule has 0 aliphatic carbocycles. The molecule has 114 valence electrons. The molecular formula is C17H12N2O4. The van der Waals surface area contributed by atoms with Gasteiger partial charge >= 0.3 is 5.97 Å². The third-order valence-corrected chi connectivity index (χ3v) is 3.29. The Morgan fingerprint density at radius 2 is 1.91 bits per heavy atom. The van der Waals surface area contributed by atoms with Gasteiger partial charge in [0.1, 0.15) is 0 Å². The molecule has 0 unspecified atom stereocenters. The Hall–Kier alpha value is -3.28. The smallest absolute Gasteiger partial charge is 0.363 e. The molecule has 0 radical (unpaired) electrons. The van der Waals surface area contributed by atoms with Crippen molar-refractivity contribution in [2.24, 2.45) is 4.99 Å². The Kier molecular flexibility index (Phi) is 3.72. The molecule has 3 rings (SSSR count). The summed E-state index contributed by atoms with van der Waals surface area (Å²) in [5.74, 6) is -0.399. The van der Waals surface area contributed by atoms with Crippen molar-refractivity contribution in [1.82, 2.24) is 0 Å². The highest BCUT2D eigenvalue weighted by atomic mass is 16.6. The van der Waals surface area contributed by atoms with Gasteiger partial charge < -0.3 is 4.74 Å². The van der Waals surface area contributed by atoms with Gasteiger partial charge in [0.05, 0.1) is 4.92 Å². The lowest BCUT2D eigenvalue weighted by Gasteiger charge is -1.98. The van der Waals surface area contributed by atoms with E-state index in [9.17, 15) is 14.9 Å². The van der Waals surface area contributed by atoms with Gasteiger partial charge in [-0.15, -0.1) is 0 Å². The van der Waals surface area contributed by atoms with Gasteiger partial charge in [0.2, 0.25) is 5.90 Å². The zero-order valence-corrected chi connectivity index (χ0v) is 12.2. The van der Waals surface area contributed by atoms with E-state index >= 15 is 0 Å². The molecule has 1 aliphatic heterocycles. The molecular weight excluding hydrogens is 296 g/mol. The van der Waals surface area contributed by atoms with Crippen LogP contribution in [0.2, 0.25) is 0 Å². The average molecular weight is 308 g/mol. The molecule has 0 bridgehead atoms. The molecule has 0 fully saturated rings. The van der Waals surface area contributed by atoms with E-state index in [0.717, 1.165) is 11.1 Å². The van der Waals surface area contributed by atoms with Gasteiger partial charge in [-0.25, -0.2) is 9.79 Å². The number of nitrogens with zero attached hydrogens (tertiary/aromatic N) is 2. The number of hydrogen-bond acceptors (Lipinski definition) is 5. The van der Waals surface area contributed by atoms with Crippen LogP contribution in [0.5, 0.6) is 0 Å². The lowest BCUT2D eigenvalue weighted by molar-refractivity contribution is -0.384. The number of rotatable bonds is 3. The first-order valence-corrected chi connectivity index (χ1v) is 6.87. The SMILES string of the molecule is Cc1cccc(/C=C2\N=C(c3ccc([N+](=O)[O-])cc3)OC2=O)c1. The Morgan fingerprint density at radius 3 is 2.57 bits per heavy atom. The van der Waals surface area contributed by atoms with E-state index in [1.54, 1.807) is 6.08 Å². The summed E-state index contributed by atoms with van der Waals surface area (Å²) in [7, 11) is 0. The number of ether oxygens (including phenoxy) is 1. The first-order valence-electron chi connectivity index (χ1n) is 6.87. The minimum Gasteiger partial charge on any atom is -0.402 e. The molecule has 0 amide bonds. The molecule has 0 N–H and O–H groups in total. The van der Waals surface area contributed by atoms with Crippen molar-refractivity contribution in [3.63, 3.8) is 0 Å². The number of nitro benzene ring substituents is 1. The number of aliphatic imine (C=N–C) groups is 1. The highest BCUT2D eigenvalue weighted by Gasteiger charge is 2.24. The minimum absolute atomic E-state index is 0.0331. The van der Waals surface area contributed by atoms with Crippen molar-refractivity contribution >= 4 is 23.6 Å². The number of hydrogen-bond donors (Lipinski definition) is 0. The molecule has 1 heterocycles. The fourth-order valence-electron chi connectivity index (χ4n) is 2.18. The summed E-state index contributed by atoms with van der Waals surface area (Å²) >= 11 is 0. The van der Waals surface area contributed by atoms with E-state index in [1.807, 2.05) is 31.2 Å². The number of cyclic esters (lactones) is 1. The van der Waals surface area contributed by atoms with Crippen LogP contribution in [0, 0.1) is 17.0 Å². The molecule has 6 heteroatoms. The highest BCUT2D eigenvalue weighted by Crippen LogP contribution is 2.21. The van der Waals surface area contributed by atoms with E-state index in [0.29, 0.717) is 5.56 Å². The molecule has 0 aromatic heterocycles. The maximum atomic E-state index is 11.9. The summed E-state index contributed by atoms with van der Waals surface area (Å²) in [5.41, 5.74) is 2.60. The van der Waals surface area contributed by atoms with E-state index < -0.39 is 10.9 Å². The van der Waals surface area contributed by atoms with Crippen molar-refractivity contribution in [3.8, 4) is 0 Å². The lowest BCUT2D eigenvalue weighted by atomic mass is 10.1. The molecule has 6 nitrogen and oxygen atoms in total. The predicted molar refractivity (Wildman–Crippen MR) is 84.9 cm³/mol. The molecule has 0 atom stereocenters. The van der Waals surface area contributed by atoms with E-state index in [4.69, 9.17) is 4.74 Å². The number of aryl methyl sites for hydroxylation is 1. The quantitative estimate of drug-likeness (QED) is 0.377. The third-order valence-electron chi connectivity index (χ3n) is 3.29. The summed E-state index contributed by atoms with van der Waals surface area (Å²) in [5, 5.41) is 10.6. The maximum Gasteiger partial charge on any atom is 0.363 e. The first kappa shape index (κ1) is 14.6. The summed E-state index contributed by atoms with van der Waals surface area (Å²) in [4.78, 5) is 26.2. The van der Waals surface area contributed by atoms with Gasteiger partial charge in [0.15, 0.2) is 5.70 Å². The van der Waals surface area contributed by atoms with Crippen LogP contribution in [0.4, 0.5) is 5.69 Å². The van der Waals surface area contributed by atoms with E-state index in [2.05, 4.69) is 4.99 Å². The summed E-state index contributed by atoms with van der Waals surface area (Å²) in [6, 6.07) is 13.3. The van der Waals surface area contributed by atoms with Crippen molar-refractivity contribution < 1.29 is 14.5 Å². The van der Waals surface area contributed by atoms with Crippen LogP contribution in [-0.4, -0.2) is 16.8 Å². The van der Waals surface area contributed by atoms with Crippen molar-refractivity contribution in [2.75, 3.05) is 0 Å². The second-order valence-electron chi connectivity index (χ2n) is 5.05. The number of nitro groups is 1. The molecule has 2 aromatic carbocycles. The molecule has 23 heavy (non-hydrogen) atoms. The van der Waals surface area contributed by atoms with Crippen LogP contribution in [0.25, 0.3) is 6.08 Å². The zero-order valence-electron chi connectivity index (χ0n) is 12.2. The zero-order chi connectivity index (χ0) is 16.4. The molecule has 0 spiro atoms. The van der Waals surface area contributed by atoms with Gasteiger partial charge in [0, 0.05) is 17.7 Å². The van der Waals surface area contributed by atoms with E-state index in [1.165, 1.54) is 24.3 Å². The average Bonchev–Trinajstić information content (AvgIpc) is 2.88. The molecule has 0 saturated carbocycles. The monoisotopic (exact) mass is 308 g/mol. The maximum absolute atomic E-state index is 11.9. The van der Waals surface area contributed by atoms with Crippen LogP contribution in [0.1, 0.15) is 16.7 Å². The van der Waals surface area contributed by atoms with E-state index in [-0.39, 0.29) is 17.3 Å². The van der Waals surface area contributed by atoms with Gasteiger partial charge in [-0.2, -0.15) is 0 Å². The Morgan fingerprint density at radius 1 is 1.17 bits per heavy atom. The van der Waals surface area contributed by atoms with Gasteiger partial charge in [-0.05, 0) is 30.7 Å². The van der Waals surface area contributed by atoms with Crippen molar-refractivity contribution in [3.05, 3.63) is 81.0 Å². The second-order valence-corrected chi connectivity index (χ2v) is 5.05. The van der Waals surface area contributed by atoms with Crippen LogP contribution < -0.4 is 0 Å². The number of non-ortho nitro benzene ring substituents is 1. The molecule has 2 aromatic rings. The highest BCUT2D eigenvalue weighted by molar-refractivity contribution is 6.12. The third kappa shape index (κ3) is 3.16. The number of carbonyl (C=O) groups excluding carboxylic acids is 1. The first-order chi connectivity index (χ1) is 11.0. The topological polar surface area (TPSA) is 81.8 Å². The Balaban J connectivity index is 1.90. The fraction of sp³-hybridized carbons (Fsp3) is 0.0588. The van der Waals surface area contributed by atoms with Crippen LogP contribution >= 0.6 is 0 Å². The lowest BCUT2D eigenvalue weighted by Crippen LogP contribution is -2.05. The van der Waals surface area contributed by atoms with Crippen molar-refractivity contribution in [2.45, 2.75) is 6.92 Å². The number of carbonyl (C=O) groups is 1. The standard InChI is InChI=1S/C17H12N2O4/c1-11-3-2-4-12(9-11)10-15-17(20)23-16(18-15)13-5-7-14(8-6-13)19(21)22/h2-10H,1H3/b15-10-. The molecule has 1 aliphatic rings. The number of benzene rings is 2. The van der Waals surface area contributed by atoms with Crippen LogP contribution in [0.3, 0.4) is 0 Å². The predicted octanol–water partition coefficient (Wildman–Crippen LogP) is 3.25. The van der Waals surface area contributed by atoms with Crippen LogP contribution in [-0.2, 0) is 9.53 Å². The second kappa shape index (κ2) is 5.84. The summed E-state index contributed by atoms with van der Waals surface area (Å²) in [6.45, 7) is 1.96. The van der Waals surface area contributed by atoms with Gasteiger partial charge in [-0.3, -0.25) is 10.1 Å². The normalized spacial score (nSPS) is 15.4. The van der Waals surface area contributed by atoms with Crippen molar-refractivity contribution in [1.29, 1.82) is 0 Å². The Labute approximate surface area is 131 Å². The van der Waals surface area contributed by atoms with Crippen LogP contribution in [0.15, 0.2) is 59.2 Å². The number of esters is 1. The summed E-state index contributed by atoms with van der Waals surface area (Å²) < 4.78 is 5.14. The Bertz CT molecular complexity index is 851. The molecule has 0 saturated heterocycles. The fourth-order valence-corrected chi connectivity index (χ4v) is 2.18. The summed E-state index contributed by atoms with van der Waals surface area (Å²) in [6.07, 6.45) is 1.65. The van der Waals surface area contributed by atoms with Gasteiger partial charge in [-0.1, -0.05) is 29.8 Å².